The van der Waals surface area contributed by atoms with Crippen LogP contribution in [0.3, 0.4) is 0 Å². The molecule has 0 aliphatic carbocycles. The maximum absolute atomic E-state index is 11.5. The van der Waals surface area contributed by atoms with Gasteiger partial charge < -0.3 is 9.26 Å². The lowest BCUT2D eigenvalue weighted by Crippen LogP contribution is -2.20. The van der Waals surface area contributed by atoms with E-state index in [1.165, 1.54) is 0 Å². The molecule has 0 saturated carbocycles. The van der Waals surface area contributed by atoms with Gasteiger partial charge in [-0.3, -0.25) is 9.36 Å². The number of ether oxygens (including phenoxy) is 1. The van der Waals surface area contributed by atoms with E-state index >= 15 is 0 Å². The lowest BCUT2D eigenvalue weighted by Gasteiger charge is -2.16. The van der Waals surface area contributed by atoms with Gasteiger partial charge in [-0.2, -0.15) is 0 Å². The first-order valence-electron chi connectivity index (χ1n) is 5.80. The molecule has 0 saturated heterocycles. The van der Waals surface area contributed by atoms with E-state index < -0.39 is 6.07 Å². The Hall–Kier alpha value is 0.750. The first kappa shape index (κ1) is 18.8. The van der Waals surface area contributed by atoms with Crippen LogP contribution in [0.5, 0.6) is 0 Å². The van der Waals surface area contributed by atoms with Gasteiger partial charge in [0, 0.05) is 13.0 Å². The number of carbonyl (C=O) groups is 1. The van der Waals surface area contributed by atoms with Crippen molar-refractivity contribution in [2.24, 2.45) is 0 Å². The molecular weight excluding hydrogens is 318 g/mol. The lowest BCUT2D eigenvalue weighted by molar-refractivity contribution is -0.111. The van der Waals surface area contributed by atoms with E-state index in [4.69, 9.17) is 31.7 Å². The van der Waals surface area contributed by atoms with E-state index in [2.05, 4.69) is 0 Å². The molecule has 1 atom stereocenters. The monoisotopic (exact) mass is 336 g/mol. The van der Waals surface area contributed by atoms with Crippen LogP contribution in [0.15, 0.2) is 0 Å². The van der Waals surface area contributed by atoms with E-state index in [1.54, 1.807) is 0 Å². The standard InChI is InChI=1S/C10H19Cl2O4PS/c1-3-5-10(13)18-9(7-15-6-4-2)8-16-17(11,12)14/h9H,3-8H2,1-2H3/t9-/m1/s1. The number of carbonyl (C=O) groups excluding carboxylic acids is 1. The van der Waals surface area contributed by atoms with E-state index in [1.807, 2.05) is 13.8 Å². The number of thioether (sulfide) groups is 1. The Morgan fingerprint density at radius 3 is 2.44 bits per heavy atom. The molecule has 0 N–H and O–H groups in total. The number of hydrogen-bond acceptors (Lipinski definition) is 5. The average molecular weight is 337 g/mol. The van der Waals surface area contributed by atoms with Crippen molar-refractivity contribution in [1.82, 2.24) is 0 Å². The minimum atomic E-state index is -3.55. The van der Waals surface area contributed by atoms with Crippen molar-refractivity contribution in [2.75, 3.05) is 19.8 Å². The first-order valence-corrected chi connectivity index (χ1v) is 10.1. The molecule has 0 aliphatic heterocycles. The predicted octanol–water partition coefficient (Wildman–Crippen LogP) is 4.44. The second-order valence-electron chi connectivity index (χ2n) is 3.65. The Morgan fingerprint density at radius 1 is 1.28 bits per heavy atom. The van der Waals surface area contributed by atoms with Gasteiger partial charge in [0.2, 0.25) is 0 Å². The second kappa shape index (κ2) is 10.5. The molecule has 0 unspecified atom stereocenters. The maximum atomic E-state index is 11.5. The van der Waals surface area contributed by atoms with Crippen LogP contribution in [0.2, 0.25) is 0 Å². The highest BCUT2D eigenvalue weighted by atomic mass is 35.9. The summed E-state index contributed by atoms with van der Waals surface area (Å²) in [5.74, 6) is 0. The van der Waals surface area contributed by atoms with Crippen LogP contribution in [0.25, 0.3) is 0 Å². The molecule has 0 fully saturated rings. The van der Waals surface area contributed by atoms with Crippen LogP contribution < -0.4 is 0 Å². The van der Waals surface area contributed by atoms with Gasteiger partial charge in [0.1, 0.15) is 0 Å². The van der Waals surface area contributed by atoms with Gasteiger partial charge in [-0.05, 0) is 35.3 Å². The third-order valence-electron chi connectivity index (χ3n) is 1.82. The first-order chi connectivity index (χ1) is 8.39. The van der Waals surface area contributed by atoms with Crippen molar-refractivity contribution < 1.29 is 18.6 Å². The predicted molar refractivity (Wildman–Crippen MR) is 77.7 cm³/mol. The van der Waals surface area contributed by atoms with Crippen LogP contribution in [0, 0.1) is 0 Å². The molecule has 0 aliphatic rings. The smallest absolute Gasteiger partial charge is 0.380 e. The normalized spacial score (nSPS) is 13.6. The molecule has 8 heteroatoms. The minimum absolute atomic E-state index is 0.0358. The van der Waals surface area contributed by atoms with Gasteiger partial charge in [0.05, 0.1) is 18.5 Å². The van der Waals surface area contributed by atoms with Gasteiger partial charge in [-0.1, -0.05) is 25.6 Å². The van der Waals surface area contributed by atoms with Crippen molar-refractivity contribution in [3.05, 3.63) is 0 Å². The Morgan fingerprint density at radius 2 is 1.94 bits per heavy atom. The highest BCUT2D eigenvalue weighted by Crippen LogP contribution is 2.57. The fraction of sp³-hybridized carbons (Fsp3) is 0.900. The lowest BCUT2D eigenvalue weighted by atomic mass is 10.4. The molecule has 0 aromatic rings. The van der Waals surface area contributed by atoms with Crippen molar-refractivity contribution in [2.45, 2.75) is 38.4 Å². The molecule has 0 spiro atoms. The molecule has 108 valence electrons. The molecule has 0 aromatic carbocycles. The topological polar surface area (TPSA) is 52.6 Å². The summed E-state index contributed by atoms with van der Waals surface area (Å²) in [6.07, 6.45) is -1.37. The van der Waals surface area contributed by atoms with Crippen molar-refractivity contribution in [3.63, 3.8) is 0 Å². The van der Waals surface area contributed by atoms with Crippen molar-refractivity contribution in [1.29, 1.82) is 0 Å². The minimum Gasteiger partial charge on any atom is -0.380 e. The molecule has 0 aromatic heterocycles. The summed E-state index contributed by atoms with van der Waals surface area (Å²) in [5.41, 5.74) is 0. The zero-order chi connectivity index (χ0) is 14.0. The van der Waals surface area contributed by atoms with Gasteiger partial charge >= 0.3 is 6.07 Å². The van der Waals surface area contributed by atoms with E-state index in [0.717, 1.165) is 24.6 Å². The van der Waals surface area contributed by atoms with Gasteiger partial charge in [0.25, 0.3) is 0 Å². The number of halogens is 2. The van der Waals surface area contributed by atoms with E-state index in [0.29, 0.717) is 19.6 Å². The summed E-state index contributed by atoms with van der Waals surface area (Å²) in [5, 5.41) is -0.174. The van der Waals surface area contributed by atoms with E-state index in [9.17, 15) is 9.36 Å². The SMILES string of the molecule is CCCOC[C@H](COP(=O)(Cl)Cl)SC(=O)CCC. The van der Waals surface area contributed by atoms with Gasteiger partial charge in [-0.25, -0.2) is 0 Å². The average Bonchev–Trinajstić information content (AvgIpc) is 2.25. The van der Waals surface area contributed by atoms with E-state index in [-0.39, 0.29) is 17.0 Å². The Labute approximate surface area is 122 Å². The highest BCUT2D eigenvalue weighted by Gasteiger charge is 2.21. The van der Waals surface area contributed by atoms with Crippen LogP contribution in [-0.2, 0) is 18.6 Å². The molecule has 4 nitrogen and oxygen atoms in total. The summed E-state index contributed by atoms with van der Waals surface area (Å²) in [6, 6.07) is 0. The van der Waals surface area contributed by atoms with Crippen LogP contribution >= 0.6 is 40.3 Å². The van der Waals surface area contributed by atoms with Crippen LogP contribution in [0.4, 0.5) is 0 Å². The van der Waals surface area contributed by atoms with Crippen LogP contribution in [-0.4, -0.2) is 30.2 Å². The zero-order valence-corrected chi connectivity index (χ0v) is 13.8. The summed E-state index contributed by atoms with van der Waals surface area (Å²) in [4.78, 5) is 11.5. The summed E-state index contributed by atoms with van der Waals surface area (Å²) in [7, 11) is 0. The Balaban J connectivity index is 4.15. The molecule has 0 rings (SSSR count). The zero-order valence-electron chi connectivity index (χ0n) is 10.6. The molecule has 18 heavy (non-hydrogen) atoms. The highest BCUT2D eigenvalue weighted by molar-refractivity contribution is 8.14. The molecule has 0 amide bonds. The largest absolute Gasteiger partial charge is 0.380 e. The number of hydrogen-bond donors (Lipinski definition) is 0. The number of rotatable bonds is 10. The fourth-order valence-corrected chi connectivity index (χ4v) is 2.88. The molecule has 0 heterocycles. The Kier molecular flexibility index (Phi) is 11.0. The molecule has 0 bridgehead atoms. The quantitative estimate of drug-likeness (QED) is 0.436. The van der Waals surface area contributed by atoms with Gasteiger partial charge in [0.15, 0.2) is 5.12 Å². The second-order valence-corrected chi connectivity index (χ2v) is 9.28. The summed E-state index contributed by atoms with van der Waals surface area (Å²) >= 11 is 11.7. The molecule has 0 radical (unpaired) electrons. The van der Waals surface area contributed by atoms with Crippen molar-refractivity contribution >= 4 is 45.4 Å². The van der Waals surface area contributed by atoms with Gasteiger partial charge in [-0.15, -0.1) is 0 Å². The third-order valence-corrected chi connectivity index (χ3v) is 3.92. The van der Waals surface area contributed by atoms with Crippen molar-refractivity contribution in [3.8, 4) is 0 Å². The molecular formula is C10H19Cl2O4PS. The summed E-state index contributed by atoms with van der Waals surface area (Å²) in [6.45, 7) is 4.92. The summed E-state index contributed by atoms with van der Waals surface area (Å²) < 4.78 is 21.2. The third kappa shape index (κ3) is 11.8. The maximum Gasteiger partial charge on any atom is 0.380 e. The fourth-order valence-electron chi connectivity index (χ4n) is 1.09. The van der Waals surface area contributed by atoms with Crippen LogP contribution in [0.1, 0.15) is 33.1 Å². The Bertz CT molecular complexity index is 285.